The second kappa shape index (κ2) is 5.85. The molecule has 1 atom stereocenters. The number of oxime groups is 1. The summed E-state index contributed by atoms with van der Waals surface area (Å²) in [6.07, 6.45) is 0. The number of rotatable bonds is 5. The van der Waals surface area contributed by atoms with Gasteiger partial charge < -0.3 is 20.4 Å². The number of nitrogens with two attached hydrogens (primary N) is 1. The summed E-state index contributed by atoms with van der Waals surface area (Å²) < 4.78 is 10.5. The molecule has 5 nitrogen and oxygen atoms in total. The summed E-state index contributed by atoms with van der Waals surface area (Å²) in [5, 5.41) is 11.4. The van der Waals surface area contributed by atoms with Crippen LogP contribution in [0.2, 0.25) is 0 Å². The molecular formula is C11H16N2O3. The summed E-state index contributed by atoms with van der Waals surface area (Å²) in [7, 11) is 1.60. The van der Waals surface area contributed by atoms with Gasteiger partial charge in [-0.05, 0) is 12.1 Å². The highest BCUT2D eigenvalue weighted by Crippen LogP contribution is 2.19. The van der Waals surface area contributed by atoms with Crippen LogP contribution in [0.25, 0.3) is 0 Å². The topological polar surface area (TPSA) is 77.1 Å². The van der Waals surface area contributed by atoms with Crippen LogP contribution in [0, 0.1) is 5.92 Å². The zero-order chi connectivity index (χ0) is 12.0. The number of hydrogen-bond acceptors (Lipinski definition) is 4. The first-order chi connectivity index (χ1) is 7.67. The number of ether oxygens (including phenoxy) is 2. The van der Waals surface area contributed by atoms with Crippen molar-refractivity contribution in [2.24, 2.45) is 16.8 Å². The molecule has 5 heteroatoms. The Morgan fingerprint density at radius 1 is 1.50 bits per heavy atom. The molecule has 0 aliphatic carbocycles. The molecule has 1 aromatic rings. The minimum Gasteiger partial charge on any atom is -0.497 e. The predicted octanol–water partition coefficient (Wildman–Crippen LogP) is 1.46. The number of hydrogen-bond donors (Lipinski definition) is 2. The Hall–Kier alpha value is -1.91. The lowest BCUT2D eigenvalue weighted by Gasteiger charge is -2.12. The van der Waals surface area contributed by atoms with E-state index in [9.17, 15) is 0 Å². The number of nitrogens with zero attached hydrogens (tertiary/aromatic N) is 1. The van der Waals surface area contributed by atoms with E-state index in [1.54, 1.807) is 13.2 Å². The Balaban J connectivity index is 2.54. The van der Waals surface area contributed by atoms with Gasteiger partial charge in [-0.3, -0.25) is 0 Å². The average molecular weight is 224 g/mol. The molecule has 1 aromatic carbocycles. The third kappa shape index (κ3) is 3.34. The molecule has 1 rings (SSSR count). The zero-order valence-corrected chi connectivity index (χ0v) is 9.38. The van der Waals surface area contributed by atoms with Gasteiger partial charge in [0.2, 0.25) is 0 Å². The van der Waals surface area contributed by atoms with Crippen LogP contribution in [-0.4, -0.2) is 24.8 Å². The Morgan fingerprint density at radius 3 is 2.81 bits per heavy atom. The van der Waals surface area contributed by atoms with E-state index < -0.39 is 0 Å². The van der Waals surface area contributed by atoms with Gasteiger partial charge in [-0.2, -0.15) is 0 Å². The summed E-state index contributed by atoms with van der Waals surface area (Å²) in [4.78, 5) is 0. The van der Waals surface area contributed by atoms with E-state index in [0.29, 0.717) is 12.4 Å². The molecule has 0 saturated carbocycles. The van der Waals surface area contributed by atoms with Crippen molar-refractivity contribution < 1.29 is 14.7 Å². The predicted molar refractivity (Wildman–Crippen MR) is 61.1 cm³/mol. The molecule has 0 fully saturated rings. The summed E-state index contributed by atoms with van der Waals surface area (Å²) >= 11 is 0. The molecular weight excluding hydrogens is 208 g/mol. The maximum Gasteiger partial charge on any atom is 0.145 e. The van der Waals surface area contributed by atoms with Gasteiger partial charge in [-0.25, -0.2) is 0 Å². The monoisotopic (exact) mass is 224 g/mol. The van der Waals surface area contributed by atoms with Gasteiger partial charge >= 0.3 is 0 Å². The van der Waals surface area contributed by atoms with Crippen molar-refractivity contribution in [1.82, 2.24) is 0 Å². The van der Waals surface area contributed by atoms with Crippen molar-refractivity contribution in [3.63, 3.8) is 0 Å². The standard InChI is InChI=1S/C11H16N2O3/c1-8(11(12)13-14)7-16-10-5-3-4-9(6-10)15-2/h3-6,8,14H,7H2,1-2H3,(H2,12,13). The van der Waals surface area contributed by atoms with E-state index in [0.717, 1.165) is 5.75 Å². The third-order valence-electron chi connectivity index (χ3n) is 2.16. The lowest BCUT2D eigenvalue weighted by molar-refractivity contribution is 0.278. The molecule has 3 N–H and O–H groups in total. The molecule has 1 unspecified atom stereocenters. The summed E-state index contributed by atoms with van der Waals surface area (Å²) in [6.45, 7) is 2.16. The molecule has 0 amide bonds. The fourth-order valence-corrected chi connectivity index (χ4v) is 1.10. The molecule has 0 heterocycles. The number of methoxy groups -OCH3 is 1. The summed E-state index contributed by atoms with van der Waals surface area (Å²) in [6, 6.07) is 7.27. The summed E-state index contributed by atoms with van der Waals surface area (Å²) in [5.41, 5.74) is 5.43. The maximum absolute atomic E-state index is 8.47. The van der Waals surface area contributed by atoms with Gasteiger partial charge in [0.1, 0.15) is 17.3 Å². The van der Waals surface area contributed by atoms with Crippen molar-refractivity contribution >= 4 is 5.84 Å². The van der Waals surface area contributed by atoms with Crippen LogP contribution in [0.5, 0.6) is 11.5 Å². The van der Waals surface area contributed by atoms with Gasteiger partial charge in [0.05, 0.1) is 19.6 Å². The van der Waals surface area contributed by atoms with Crippen LogP contribution in [0.4, 0.5) is 0 Å². The quantitative estimate of drug-likeness (QED) is 0.343. The molecule has 0 aliphatic heterocycles. The Bertz CT molecular complexity index is 366. The molecule has 0 aromatic heterocycles. The molecule has 88 valence electrons. The SMILES string of the molecule is COc1cccc(OCC(C)/C(N)=N/O)c1. The first kappa shape index (κ1) is 12.2. The van der Waals surface area contributed by atoms with Gasteiger partial charge in [-0.15, -0.1) is 0 Å². The minimum atomic E-state index is -0.142. The van der Waals surface area contributed by atoms with Crippen molar-refractivity contribution in [2.45, 2.75) is 6.92 Å². The fraction of sp³-hybridized carbons (Fsp3) is 0.364. The van der Waals surface area contributed by atoms with Crippen molar-refractivity contribution in [3.8, 4) is 11.5 Å². The van der Waals surface area contributed by atoms with E-state index in [1.807, 2.05) is 25.1 Å². The normalized spacial score (nSPS) is 13.2. The minimum absolute atomic E-state index is 0.142. The van der Waals surface area contributed by atoms with E-state index in [2.05, 4.69) is 5.16 Å². The highest BCUT2D eigenvalue weighted by Gasteiger charge is 2.08. The van der Waals surface area contributed by atoms with Crippen LogP contribution in [0.15, 0.2) is 29.4 Å². The molecule has 0 aliphatic rings. The molecule has 0 radical (unpaired) electrons. The highest BCUT2D eigenvalue weighted by molar-refractivity contribution is 5.81. The second-order valence-electron chi connectivity index (χ2n) is 3.42. The van der Waals surface area contributed by atoms with Crippen LogP contribution in [0.3, 0.4) is 0 Å². The van der Waals surface area contributed by atoms with Gasteiger partial charge in [0.15, 0.2) is 0 Å². The molecule has 16 heavy (non-hydrogen) atoms. The maximum atomic E-state index is 8.47. The van der Waals surface area contributed by atoms with Gasteiger partial charge in [-0.1, -0.05) is 18.1 Å². The molecule has 0 saturated heterocycles. The van der Waals surface area contributed by atoms with Crippen molar-refractivity contribution in [3.05, 3.63) is 24.3 Å². The highest BCUT2D eigenvalue weighted by atomic mass is 16.5. The van der Waals surface area contributed by atoms with Crippen molar-refractivity contribution in [2.75, 3.05) is 13.7 Å². The van der Waals surface area contributed by atoms with E-state index in [-0.39, 0.29) is 11.8 Å². The zero-order valence-electron chi connectivity index (χ0n) is 9.38. The smallest absolute Gasteiger partial charge is 0.145 e. The summed E-state index contributed by atoms with van der Waals surface area (Å²) in [5.74, 6) is 1.44. The van der Waals surface area contributed by atoms with Crippen LogP contribution < -0.4 is 15.2 Å². The van der Waals surface area contributed by atoms with Gasteiger partial charge in [0, 0.05) is 6.07 Å². The lowest BCUT2D eigenvalue weighted by atomic mass is 10.2. The van der Waals surface area contributed by atoms with Crippen LogP contribution in [-0.2, 0) is 0 Å². The largest absolute Gasteiger partial charge is 0.497 e. The van der Waals surface area contributed by atoms with E-state index in [4.69, 9.17) is 20.4 Å². The first-order valence-corrected chi connectivity index (χ1v) is 4.91. The Kier molecular flexibility index (Phi) is 4.44. The number of benzene rings is 1. The fourth-order valence-electron chi connectivity index (χ4n) is 1.10. The number of amidine groups is 1. The second-order valence-corrected chi connectivity index (χ2v) is 3.42. The van der Waals surface area contributed by atoms with E-state index in [1.165, 1.54) is 0 Å². The molecule has 0 spiro atoms. The van der Waals surface area contributed by atoms with E-state index >= 15 is 0 Å². The van der Waals surface area contributed by atoms with Crippen molar-refractivity contribution in [1.29, 1.82) is 0 Å². The third-order valence-corrected chi connectivity index (χ3v) is 2.16. The Labute approximate surface area is 94.5 Å². The van der Waals surface area contributed by atoms with Crippen LogP contribution in [0.1, 0.15) is 6.92 Å². The first-order valence-electron chi connectivity index (χ1n) is 4.91. The Morgan fingerprint density at radius 2 is 2.19 bits per heavy atom. The average Bonchev–Trinajstić information content (AvgIpc) is 2.35. The van der Waals surface area contributed by atoms with Crippen LogP contribution >= 0.6 is 0 Å². The van der Waals surface area contributed by atoms with Gasteiger partial charge in [0.25, 0.3) is 0 Å². The lowest BCUT2D eigenvalue weighted by Crippen LogP contribution is -2.26. The molecule has 0 bridgehead atoms.